The third-order valence-electron chi connectivity index (χ3n) is 4.86. The Labute approximate surface area is 217 Å². The summed E-state index contributed by atoms with van der Waals surface area (Å²) in [5, 5.41) is 13.5. The molecule has 14 heteroatoms. The lowest BCUT2D eigenvalue weighted by atomic mass is 10.2. The summed E-state index contributed by atoms with van der Waals surface area (Å²) >= 11 is 11.2. The van der Waals surface area contributed by atoms with Crippen LogP contribution >= 0.6 is 23.8 Å². The number of fused-ring (bicyclic) bond motifs is 1. The van der Waals surface area contributed by atoms with Gasteiger partial charge in [0.05, 0.1) is 17.0 Å². The summed E-state index contributed by atoms with van der Waals surface area (Å²) in [6, 6.07) is 4.20. The zero-order chi connectivity index (χ0) is 26.5. The molecule has 0 aliphatic carbocycles. The molecule has 0 bridgehead atoms. The average Bonchev–Trinajstić information content (AvgIpc) is 3.14. The van der Waals surface area contributed by atoms with Gasteiger partial charge < -0.3 is 29.8 Å². The maximum atomic E-state index is 14.8. The van der Waals surface area contributed by atoms with Gasteiger partial charge in [-0.15, -0.1) is 0 Å². The number of ether oxygens (including phenoxy) is 2. The summed E-state index contributed by atoms with van der Waals surface area (Å²) in [6.45, 7) is 2.84. The summed E-state index contributed by atoms with van der Waals surface area (Å²) in [4.78, 5) is 4.29. The standard InChI is InChI=1S/C22H24ClF4N4O3SSi/c1-36(2)6-5-33-12-31-9-14(23)18-17(3-4-28-20(18)31)34-19-15(24)7-13(8-16(19)25)30-21(35)29-10-22(26,27)11-32/h3-4,7-9,32H,5-6,10-12H2,1-2H3,(H2,29,30,35). The fourth-order valence-corrected chi connectivity index (χ4v) is 4.08. The van der Waals surface area contributed by atoms with Gasteiger partial charge in [0.15, 0.2) is 22.5 Å². The number of nitrogens with zero attached hydrogens (tertiary/aromatic N) is 2. The average molecular weight is 564 g/mol. The number of hydrogen-bond acceptors (Lipinski definition) is 5. The first kappa shape index (κ1) is 28.1. The van der Waals surface area contributed by atoms with Crippen LogP contribution in [0.25, 0.3) is 11.0 Å². The highest BCUT2D eigenvalue weighted by Gasteiger charge is 2.27. The molecule has 1 aromatic carbocycles. The molecule has 2 aromatic heterocycles. The molecule has 0 aliphatic rings. The molecule has 2 heterocycles. The van der Waals surface area contributed by atoms with Gasteiger partial charge in [0.2, 0.25) is 0 Å². The third-order valence-corrected chi connectivity index (χ3v) is 6.59. The number of halogens is 5. The van der Waals surface area contributed by atoms with Crippen molar-refractivity contribution in [2.45, 2.75) is 31.8 Å². The molecule has 0 unspecified atom stereocenters. The van der Waals surface area contributed by atoms with E-state index in [9.17, 15) is 17.6 Å². The van der Waals surface area contributed by atoms with Crippen LogP contribution in [0.2, 0.25) is 24.2 Å². The number of rotatable bonds is 11. The first-order valence-electron chi connectivity index (χ1n) is 10.7. The van der Waals surface area contributed by atoms with Crippen molar-refractivity contribution in [3.05, 3.63) is 47.2 Å². The lowest BCUT2D eigenvalue weighted by molar-refractivity contribution is -0.0442. The molecular weight excluding hydrogens is 540 g/mol. The minimum absolute atomic E-state index is 0.0818. The number of aliphatic hydroxyl groups is 1. The van der Waals surface area contributed by atoms with Gasteiger partial charge in [-0.2, -0.15) is 0 Å². The van der Waals surface area contributed by atoms with E-state index >= 15 is 0 Å². The zero-order valence-corrected chi connectivity index (χ0v) is 22.0. The van der Waals surface area contributed by atoms with Gasteiger partial charge in [0, 0.05) is 45.6 Å². The summed E-state index contributed by atoms with van der Waals surface area (Å²) in [5.41, 5.74) is 0.290. The number of hydrogen-bond donors (Lipinski definition) is 3. The molecular formula is C22H24ClF4N4O3SSi. The van der Waals surface area contributed by atoms with Crippen molar-refractivity contribution in [1.82, 2.24) is 14.9 Å². The minimum Gasteiger partial charge on any atom is -0.450 e. The second kappa shape index (κ2) is 12.2. The molecule has 0 saturated heterocycles. The van der Waals surface area contributed by atoms with Gasteiger partial charge in [0.1, 0.15) is 24.7 Å². The highest BCUT2D eigenvalue weighted by Crippen LogP contribution is 2.37. The van der Waals surface area contributed by atoms with Gasteiger partial charge in [-0.25, -0.2) is 22.5 Å². The predicted molar refractivity (Wildman–Crippen MR) is 136 cm³/mol. The molecule has 3 rings (SSSR count). The van der Waals surface area contributed by atoms with Crippen molar-refractivity contribution >= 4 is 54.4 Å². The maximum Gasteiger partial charge on any atom is 0.287 e. The number of nitrogens with one attached hydrogen (secondary N) is 2. The van der Waals surface area contributed by atoms with Crippen LogP contribution in [0.1, 0.15) is 0 Å². The zero-order valence-electron chi connectivity index (χ0n) is 19.4. The van der Waals surface area contributed by atoms with Crippen LogP contribution in [0, 0.1) is 11.6 Å². The lowest BCUT2D eigenvalue weighted by Gasteiger charge is -2.17. The Bertz CT molecular complexity index is 1210. The molecule has 0 atom stereocenters. The van der Waals surface area contributed by atoms with Gasteiger partial charge in [0.25, 0.3) is 5.92 Å². The maximum absolute atomic E-state index is 14.8. The largest absolute Gasteiger partial charge is 0.450 e. The fraction of sp³-hybridized carbons (Fsp3) is 0.364. The summed E-state index contributed by atoms with van der Waals surface area (Å²) in [5.74, 6) is -6.15. The molecule has 0 fully saturated rings. The van der Waals surface area contributed by atoms with Crippen LogP contribution < -0.4 is 15.4 Å². The van der Waals surface area contributed by atoms with Crippen LogP contribution in [0.4, 0.5) is 23.2 Å². The Morgan fingerprint density at radius 3 is 2.61 bits per heavy atom. The second-order valence-corrected chi connectivity index (χ2v) is 11.9. The quantitative estimate of drug-likeness (QED) is 0.125. The Hall–Kier alpha value is -2.45. The lowest BCUT2D eigenvalue weighted by Crippen LogP contribution is -2.40. The molecule has 3 N–H and O–H groups in total. The molecule has 36 heavy (non-hydrogen) atoms. The molecule has 0 amide bonds. The first-order chi connectivity index (χ1) is 17.0. The number of benzene rings is 1. The summed E-state index contributed by atoms with van der Waals surface area (Å²) in [7, 11) is -0.415. The van der Waals surface area contributed by atoms with Gasteiger partial charge in [-0.1, -0.05) is 24.7 Å². The van der Waals surface area contributed by atoms with Crippen LogP contribution in [0.5, 0.6) is 11.5 Å². The van der Waals surface area contributed by atoms with E-state index in [1.807, 2.05) is 0 Å². The van der Waals surface area contributed by atoms with E-state index < -0.39 is 45.3 Å². The van der Waals surface area contributed by atoms with Crippen molar-refractivity contribution in [3.8, 4) is 11.5 Å². The van der Waals surface area contributed by atoms with E-state index in [4.69, 9.17) is 38.4 Å². The van der Waals surface area contributed by atoms with E-state index in [1.165, 1.54) is 12.3 Å². The van der Waals surface area contributed by atoms with E-state index in [1.54, 1.807) is 10.8 Å². The molecule has 7 nitrogen and oxygen atoms in total. The van der Waals surface area contributed by atoms with Gasteiger partial charge in [-0.05, 0) is 24.3 Å². The van der Waals surface area contributed by atoms with E-state index in [-0.39, 0.29) is 28.3 Å². The van der Waals surface area contributed by atoms with Gasteiger partial charge in [-0.3, -0.25) is 0 Å². The number of anilines is 1. The van der Waals surface area contributed by atoms with Crippen LogP contribution in [-0.4, -0.2) is 54.2 Å². The number of thiocarbonyl (C=S) groups is 1. The van der Waals surface area contributed by atoms with E-state index in [0.717, 1.165) is 18.2 Å². The Morgan fingerprint density at radius 1 is 1.28 bits per heavy atom. The van der Waals surface area contributed by atoms with E-state index in [0.29, 0.717) is 17.6 Å². The minimum atomic E-state index is -3.41. The van der Waals surface area contributed by atoms with Crippen molar-refractivity contribution < 1.29 is 32.1 Å². The summed E-state index contributed by atoms with van der Waals surface area (Å²) < 4.78 is 68.7. The Kier molecular flexibility index (Phi) is 9.52. The second-order valence-electron chi connectivity index (χ2n) is 8.14. The fourth-order valence-electron chi connectivity index (χ4n) is 3.04. The number of pyridine rings is 1. The van der Waals surface area contributed by atoms with Crippen LogP contribution in [0.3, 0.4) is 0 Å². The van der Waals surface area contributed by atoms with Crippen molar-refractivity contribution in [2.24, 2.45) is 0 Å². The van der Waals surface area contributed by atoms with Crippen LogP contribution in [-0.2, 0) is 11.5 Å². The molecule has 0 aliphatic heterocycles. The van der Waals surface area contributed by atoms with Crippen molar-refractivity contribution in [2.75, 3.05) is 25.1 Å². The molecule has 195 valence electrons. The highest BCUT2D eigenvalue weighted by molar-refractivity contribution is 7.80. The number of aliphatic hydroxyl groups excluding tert-OH is 1. The Morgan fingerprint density at radius 2 is 1.97 bits per heavy atom. The number of alkyl halides is 2. The van der Waals surface area contributed by atoms with Crippen molar-refractivity contribution in [1.29, 1.82) is 0 Å². The molecule has 0 spiro atoms. The predicted octanol–water partition coefficient (Wildman–Crippen LogP) is 5.40. The molecule has 3 aromatic rings. The Balaban J connectivity index is 1.76. The monoisotopic (exact) mass is 563 g/mol. The SMILES string of the molecule is C[Si](C)CCOCn1cc(Cl)c2c(Oc3c(F)cc(NC(=S)NCC(F)(F)CO)cc3F)ccnc21. The first-order valence-corrected chi connectivity index (χ1v) is 14.2. The van der Waals surface area contributed by atoms with Gasteiger partial charge >= 0.3 is 0 Å². The van der Waals surface area contributed by atoms with E-state index in [2.05, 4.69) is 28.7 Å². The normalized spacial score (nSPS) is 11.8. The number of aromatic nitrogens is 2. The smallest absolute Gasteiger partial charge is 0.287 e. The molecule has 0 saturated carbocycles. The summed E-state index contributed by atoms with van der Waals surface area (Å²) in [6.07, 6.45) is 3.02. The topological polar surface area (TPSA) is 80.6 Å². The van der Waals surface area contributed by atoms with Crippen molar-refractivity contribution in [3.63, 3.8) is 0 Å². The third kappa shape index (κ3) is 7.29. The van der Waals surface area contributed by atoms with Crippen LogP contribution in [0.15, 0.2) is 30.6 Å². The highest BCUT2D eigenvalue weighted by atomic mass is 35.5. The molecule has 1 radical (unpaired) electrons.